The minimum absolute atomic E-state index is 0.394. The molecular formula is C15H23NO2. The van der Waals surface area contributed by atoms with Crippen LogP contribution in [0.1, 0.15) is 30.5 Å². The van der Waals surface area contributed by atoms with E-state index in [2.05, 4.69) is 36.1 Å². The van der Waals surface area contributed by atoms with Crippen LogP contribution >= 0.6 is 0 Å². The van der Waals surface area contributed by atoms with Gasteiger partial charge in [-0.15, -0.1) is 0 Å². The Morgan fingerprint density at radius 3 is 2.94 bits per heavy atom. The number of β-amino-alcohol motifs (C(OH)–C–C–N with tert-alkyl or cyclic N) is 1. The molecule has 1 aromatic carbocycles. The van der Waals surface area contributed by atoms with Crippen molar-refractivity contribution in [3.63, 3.8) is 0 Å². The third-order valence-corrected chi connectivity index (χ3v) is 3.71. The lowest BCUT2D eigenvalue weighted by molar-refractivity contribution is 0.0234. The number of rotatable bonds is 5. The summed E-state index contributed by atoms with van der Waals surface area (Å²) in [6.07, 6.45) is 1.76. The predicted octanol–water partition coefficient (Wildman–Crippen LogP) is 2.00. The largest absolute Gasteiger partial charge is 0.389 e. The Balaban J connectivity index is 2.10. The first-order valence-corrected chi connectivity index (χ1v) is 6.75. The summed E-state index contributed by atoms with van der Waals surface area (Å²) in [6.45, 7) is 4.34. The molecule has 0 aromatic heterocycles. The fraction of sp³-hybridized carbons (Fsp3) is 0.600. The molecule has 0 spiro atoms. The van der Waals surface area contributed by atoms with Crippen LogP contribution in [-0.4, -0.2) is 42.9 Å². The lowest BCUT2D eigenvalue weighted by atomic mass is 9.91. The lowest BCUT2D eigenvalue weighted by Gasteiger charge is -2.37. The van der Waals surface area contributed by atoms with E-state index in [4.69, 9.17) is 4.74 Å². The van der Waals surface area contributed by atoms with Crippen molar-refractivity contribution in [2.75, 3.05) is 26.8 Å². The van der Waals surface area contributed by atoms with Crippen molar-refractivity contribution < 1.29 is 9.84 Å². The summed E-state index contributed by atoms with van der Waals surface area (Å²) < 4.78 is 5.01. The van der Waals surface area contributed by atoms with E-state index in [-0.39, 0.29) is 0 Å². The summed E-state index contributed by atoms with van der Waals surface area (Å²) in [7, 11) is 1.63. The number of ether oxygens (including phenoxy) is 1. The number of benzene rings is 1. The number of fused-ring (bicyclic) bond motifs is 1. The molecule has 0 unspecified atom stereocenters. The van der Waals surface area contributed by atoms with E-state index < -0.39 is 6.10 Å². The molecule has 0 fully saturated rings. The zero-order valence-corrected chi connectivity index (χ0v) is 11.3. The lowest BCUT2D eigenvalue weighted by Crippen LogP contribution is -2.41. The number of hydrogen-bond donors (Lipinski definition) is 1. The molecule has 0 radical (unpaired) electrons. The van der Waals surface area contributed by atoms with Crippen molar-refractivity contribution in [1.82, 2.24) is 4.90 Å². The van der Waals surface area contributed by atoms with Gasteiger partial charge in [0, 0.05) is 26.2 Å². The van der Waals surface area contributed by atoms with Crippen LogP contribution in [0.3, 0.4) is 0 Å². The minimum atomic E-state index is -0.394. The molecule has 2 atom stereocenters. The highest BCUT2D eigenvalue weighted by atomic mass is 16.5. The molecule has 0 bridgehead atoms. The summed E-state index contributed by atoms with van der Waals surface area (Å²) in [6, 6.07) is 9.10. The molecule has 0 saturated heterocycles. The number of methoxy groups -OCH3 is 1. The molecule has 3 heteroatoms. The molecule has 1 N–H and O–H groups in total. The van der Waals surface area contributed by atoms with Gasteiger partial charge in [0.2, 0.25) is 0 Å². The van der Waals surface area contributed by atoms with Gasteiger partial charge in [-0.3, -0.25) is 4.90 Å². The second kappa shape index (κ2) is 6.32. The third kappa shape index (κ3) is 2.91. The van der Waals surface area contributed by atoms with Gasteiger partial charge in [0.1, 0.15) is 0 Å². The number of aliphatic hydroxyl groups is 1. The molecule has 1 heterocycles. The smallest absolute Gasteiger partial charge is 0.0900 e. The standard InChI is InChI=1S/C15H23NO2/c1-3-15-14-7-5-4-6-12(14)8-9-16(15)10-13(17)11-18-2/h4-7,13,15,17H,3,8-11H2,1-2H3/t13-,15+/m1/s1. The highest BCUT2D eigenvalue weighted by Crippen LogP contribution is 2.31. The van der Waals surface area contributed by atoms with Gasteiger partial charge in [-0.1, -0.05) is 31.2 Å². The molecule has 100 valence electrons. The summed E-state index contributed by atoms with van der Waals surface area (Å²) in [5.41, 5.74) is 2.89. The van der Waals surface area contributed by atoms with Crippen LogP contribution in [-0.2, 0) is 11.2 Å². The maximum absolute atomic E-state index is 9.90. The molecule has 18 heavy (non-hydrogen) atoms. The van der Waals surface area contributed by atoms with Crippen molar-refractivity contribution in [2.24, 2.45) is 0 Å². The maximum atomic E-state index is 9.90. The van der Waals surface area contributed by atoms with Crippen LogP contribution in [0.25, 0.3) is 0 Å². The highest BCUT2D eigenvalue weighted by Gasteiger charge is 2.26. The van der Waals surface area contributed by atoms with Gasteiger partial charge in [-0.2, -0.15) is 0 Å². The van der Waals surface area contributed by atoms with Crippen molar-refractivity contribution in [2.45, 2.75) is 31.9 Å². The van der Waals surface area contributed by atoms with E-state index in [1.807, 2.05) is 0 Å². The molecule has 1 aliphatic rings. The summed E-state index contributed by atoms with van der Waals surface area (Å²) >= 11 is 0. The van der Waals surface area contributed by atoms with E-state index >= 15 is 0 Å². The fourth-order valence-electron chi connectivity index (χ4n) is 2.92. The quantitative estimate of drug-likeness (QED) is 0.866. The molecule has 0 saturated carbocycles. The molecule has 0 amide bonds. The fourth-order valence-corrected chi connectivity index (χ4v) is 2.92. The Hall–Kier alpha value is -0.900. The van der Waals surface area contributed by atoms with Gasteiger partial charge in [0.05, 0.1) is 12.7 Å². The highest BCUT2D eigenvalue weighted by molar-refractivity contribution is 5.32. The number of hydrogen-bond acceptors (Lipinski definition) is 3. The van der Waals surface area contributed by atoms with Crippen LogP contribution in [0.5, 0.6) is 0 Å². The van der Waals surface area contributed by atoms with Gasteiger partial charge in [0.15, 0.2) is 0 Å². The van der Waals surface area contributed by atoms with Crippen LogP contribution < -0.4 is 0 Å². The molecule has 1 aliphatic heterocycles. The maximum Gasteiger partial charge on any atom is 0.0900 e. The Labute approximate surface area is 109 Å². The molecular weight excluding hydrogens is 226 g/mol. The Kier molecular flexibility index (Phi) is 4.75. The van der Waals surface area contributed by atoms with Gasteiger partial charge >= 0.3 is 0 Å². The van der Waals surface area contributed by atoms with Crippen LogP contribution in [0.15, 0.2) is 24.3 Å². The first-order valence-electron chi connectivity index (χ1n) is 6.75. The Bertz CT molecular complexity index is 381. The van der Waals surface area contributed by atoms with Gasteiger partial charge in [-0.25, -0.2) is 0 Å². The average molecular weight is 249 g/mol. The second-order valence-corrected chi connectivity index (χ2v) is 4.98. The predicted molar refractivity (Wildman–Crippen MR) is 72.6 cm³/mol. The SMILES string of the molecule is CC[C@H]1c2ccccc2CCN1C[C@@H](O)COC. The zero-order chi connectivity index (χ0) is 13.0. The first-order chi connectivity index (χ1) is 8.76. The van der Waals surface area contributed by atoms with Gasteiger partial charge < -0.3 is 9.84 Å². The Morgan fingerprint density at radius 1 is 1.44 bits per heavy atom. The molecule has 2 rings (SSSR count). The zero-order valence-electron chi connectivity index (χ0n) is 11.3. The number of nitrogens with zero attached hydrogens (tertiary/aromatic N) is 1. The van der Waals surface area contributed by atoms with Crippen LogP contribution in [0.2, 0.25) is 0 Å². The van der Waals surface area contributed by atoms with E-state index in [0.717, 1.165) is 19.4 Å². The van der Waals surface area contributed by atoms with Crippen molar-refractivity contribution >= 4 is 0 Å². The Morgan fingerprint density at radius 2 is 2.22 bits per heavy atom. The van der Waals surface area contributed by atoms with Crippen LogP contribution in [0, 0.1) is 0 Å². The molecule has 1 aromatic rings. The van der Waals surface area contributed by atoms with E-state index in [1.54, 1.807) is 7.11 Å². The summed E-state index contributed by atoms with van der Waals surface area (Å²) in [5, 5.41) is 9.90. The van der Waals surface area contributed by atoms with Crippen molar-refractivity contribution in [3.8, 4) is 0 Å². The molecule has 3 nitrogen and oxygen atoms in total. The van der Waals surface area contributed by atoms with Gasteiger partial charge in [-0.05, 0) is 24.0 Å². The summed E-state index contributed by atoms with van der Waals surface area (Å²) in [5.74, 6) is 0. The van der Waals surface area contributed by atoms with E-state index in [9.17, 15) is 5.11 Å². The third-order valence-electron chi connectivity index (χ3n) is 3.71. The van der Waals surface area contributed by atoms with E-state index in [0.29, 0.717) is 19.2 Å². The second-order valence-electron chi connectivity index (χ2n) is 4.98. The topological polar surface area (TPSA) is 32.7 Å². The van der Waals surface area contributed by atoms with Gasteiger partial charge in [0.25, 0.3) is 0 Å². The van der Waals surface area contributed by atoms with Crippen molar-refractivity contribution in [1.29, 1.82) is 0 Å². The van der Waals surface area contributed by atoms with E-state index in [1.165, 1.54) is 11.1 Å². The number of aliphatic hydroxyl groups excluding tert-OH is 1. The monoisotopic (exact) mass is 249 g/mol. The average Bonchev–Trinajstić information content (AvgIpc) is 2.38. The minimum Gasteiger partial charge on any atom is -0.389 e. The summed E-state index contributed by atoms with van der Waals surface area (Å²) in [4.78, 5) is 2.38. The normalized spacial score (nSPS) is 21.6. The van der Waals surface area contributed by atoms with Crippen molar-refractivity contribution in [3.05, 3.63) is 35.4 Å². The first kappa shape index (κ1) is 13.5. The molecule has 0 aliphatic carbocycles. The van der Waals surface area contributed by atoms with Crippen LogP contribution in [0.4, 0.5) is 0 Å².